The van der Waals surface area contributed by atoms with Crippen molar-refractivity contribution in [2.24, 2.45) is 5.92 Å². The molecule has 0 heterocycles. The van der Waals surface area contributed by atoms with Crippen molar-refractivity contribution in [1.29, 1.82) is 0 Å². The molecule has 0 aromatic rings. The Morgan fingerprint density at radius 1 is 0.917 bits per heavy atom. The van der Waals surface area contributed by atoms with Crippen LogP contribution in [0, 0.1) is 5.92 Å². The van der Waals surface area contributed by atoms with Gasteiger partial charge in [-0.2, -0.15) is 0 Å². The maximum absolute atomic E-state index is 10.6. The zero-order valence-electron chi connectivity index (χ0n) is 16.0. The second kappa shape index (κ2) is 19.0. The molecule has 1 atom stereocenters. The van der Waals surface area contributed by atoms with E-state index >= 15 is 0 Å². The summed E-state index contributed by atoms with van der Waals surface area (Å²) in [5.41, 5.74) is 0. The molecule has 0 aliphatic rings. The fourth-order valence-corrected chi connectivity index (χ4v) is 2.90. The molecule has 0 bridgehead atoms. The number of rotatable bonds is 16. The maximum atomic E-state index is 10.6. The molecule has 1 unspecified atom stereocenters. The van der Waals surface area contributed by atoms with Crippen LogP contribution in [0.25, 0.3) is 0 Å². The molecule has 0 N–H and O–H groups in total. The fraction of sp³-hybridized carbons (Fsp3) is 0.889. The van der Waals surface area contributed by atoms with Crippen molar-refractivity contribution in [1.82, 2.24) is 0 Å². The summed E-state index contributed by atoms with van der Waals surface area (Å²) in [6, 6.07) is 0. The first-order valence-corrected chi connectivity index (χ1v) is 10.6. The third kappa shape index (κ3) is 21.3. The molecule has 0 saturated heterocycles. The number of hydrogen-bond acceptors (Lipinski definition) is 4. The zero-order chi connectivity index (χ0) is 17.4. The van der Waals surface area contributed by atoms with Crippen LogP contribution in [0.1, 0.15) is 90.9 Å². The van der Waals surface area contributed by atoms with Gasteiger partial charge in [0.25, 0.3) is 0 Å². The van der Waals surface area contributed by atoms with E-state index in [-0.39, 0.29) is 63.9 Å². The molecule has 138 valence electrons. The van der Waals surface area contributed by atoms with E-state index < -0.39 is 10.4 Å². The molecule has 0 rings (SSSR count). The second-order valence-corrected chi connectivity index (χ2v) is 7.34. The quantitative estimate of drug-likeness (QED) is 0.134. The van der Waals surface area contributed by atoms with Gasteiger partial charge in [0.1, 0.15) is 0 Å². The molecule has 0 radical (unpaired) electrons. The summed E-state index contributed by atoms with van der Waals surface area (Å²) in [5.74, 6) is 0.0238. The van der Waals surface area contributed by atoms with Gasteiger partial charge in [0.15, 0.2) is 0 Å². The predicted molar refractivity (Wildman–Crippen MR) is 95.0 cm³/mol. The van der Waals surface area contributed by atoms with Crippen LogP contribution >= 0.6 is 0 Å². The summed E-state index contributed by atoms with van der Waals surface area (Å²) in [4.78, 5) is 0. The van der Waals surface area contributed by atoms with Gasteiger partial charge in [0.2, 0.25) is 10.4 Å². The molecule has 0 aliphatic heterocycles. The second-order valence-electron chi connectivity index (χ2n) is 6.29. The molecule has 0 spiro atoms. The first-order valence-electron chi connectivity index (χ1n) is 9.26. The topological polar surface area (TPSA) is 66.4 Å². The van der Waals surface area contributed by atoms with E-state index in [1.165, 1.54) is 38.5 Å². The van der Waals surface area contributed by atoms with Crippen molar-refractivity contribution in [3.05, 3.63) is 12.2 Å². The van der Waals surface area contributed by atoms with Gasteiger partial charge in [0, 0.05) is 5.92 Å². The summed E-state index contributed by atoms with van der Waals surface area (Å²) in [6.45, 7) is 4.34. The fourth-order valence-electron chi connectivity index (χ4n) is 2.56. The molecule has 4 nitrogen and oxygen atoms in total. The minimum absolute atomic E-state index is 0. The Labute approximate surface area is 192 Å². The van der Waals surface area contributed by atoms with Crippen molar-refractivity contribution < 1.29 is 68.5 Å². The summed E-state index contributed by atoms with van der Waals surface area (Å²) in [7, 11) is -4.59. The van der Waals surface area contributed by atoms with Gasteiger partial charge < -0.3 is 4.55 Å². The molecule has 0 saturated carbocycles. The van der Waals surface area contributed by atoms with Gasteiger partial charge in [-0.1, -0.05) is 90.2 Å². The Balaban J connectivity index is 0. The van der Waals surface area contributed by atoms with Gasteiger partial charge >= 0.3 is 51.4 Å². The number of allylic oxidation sites excluding steroid dienone is 1. The third-order valence-electron chi connectivity index (χ3n) is 3.99. The van der Waals surface area contributed by atoms with E-state index in [9.17, 15) is 13.0 Å². The maximum Gasteiger partial charge on any atom is 1.00 e. The Morgan fingerprint density at radius 3 is 2.00 bits per heavy atom. The third-order valence-corrected chi connectivity index (χ3v) is 4.41. The van der Waals surface area contributed by atoms with Gasteiger partial charge in [-0.25, -0.2) is 8.42 Å². The molecule has 0 aromatic heterocycles. The average molecular weight is 387 g/mol. The molecule has 24 heavy (non-hydrogen) atoms. The average Bonchev–Trinajstić information content (AvgIpc) is 2.50. The minimum Gasteiger partial charge on any atom is -0.726 e. The summed E-state index contributed by atoms with van der Waals surface area (Å²) in [6.07, 6.45) is 18.2. The Morgan fingerprint density at radius 2 is 1.46 bits per heavy atom. The molecule has 6 heteroatoms. The minimum atomic E-state index is -4.59. The van der Waals surface area contributed by atoms with E-state index in [1.54, 1.807) is 0 Å². The Hall–Kier alpha value is 1.25. The summed E-state index contributed by atoms with van der Waals surface area (Å²) in [5, 5.41) is 0. The summed E-state index contributed by atoms with van der Waals surface area (Å²) < 4.78 is 36.3. The van der Waals surface area contributed by atoms with Crippen LogP contribution in [-0.2, 0) is 14.6 Å². The first kappa shape index (κ1) is 27.5. The van der Waals surface area contributed by atoms with Crippen LogP contribution < -0.4 is 51.4 Å². The normalized spacial score (nSPS) is 13.1. The van der Waals surface area contributed by atoms with Crippen LogP contribution in [0.5, 0.6) is 0 Å². The standard InChI is InChI=1S/C18H36O4S.K/c1-3-5-7-9-10-11-12-14-16-18(15-13-8-6-4-2)17-22-23(19,20)21;/h13,15,18H,3-12,14,16-17H2,1-2H3,(H,19,20,21);/q;+1/p-1/b15-13+;. The predicted octanol–water partition coefficient (Wildman–Crippen LogP) is 2.36. The zero-order valence-corrected chi connectivity index (χ0v) is 19.9. The van der Waals surface area contributed by atoms with Crippen LogP contribution in [0.2, 0.25) is 0 Å². The van der Waals surface area contributed by atoms with Crippen molar-refractivity contribution in [3.63, 3.8) is 0 Å². The van der Waals surface area contributed by atoms with Gasteiger partial charge in [-0.15, -0.1) is 0 Å². The SMILES string of the molecule is CCCC/C=C/C(CCCCCCCCCC)COS(=O)(=O)[O-].[K+]. The molecule has 0 amide bonds. The van der Waals surface area contributed by atoms with E-state index in [2.05, 4.69) is 24.1 Å². The smallest absolute Gasteiger partial charge is 0.726 e. The number of hydrogen-bond donors (Lipinski definition) is 0. The number of unbranched alkanes of at least 4 members (excludes halogenated alkanes) is 9. The van der Waals surface area contributed by atoms with Crippen molar-refractivity contribution >= 4 is 10.4 Å². The van der Waals surface area contributed by atoms with Crippen LogP contribution in [0.3, 0.4) is 0 Å². The van der Waals surface area contributed by atoms with Crippen LogP contribution in [0.15, 0.2) is 12.2 Å². The molecule has 0 aliphatic carbocycles. The van der Waals surface area contributed by atoms with E-state index in [0.29, 0.717) is 0 Å². The van der Waals surface area contributed by atoms with Crippen molar-refractivity contribution in [3.8, 4) is 0 Å². The molecule has 0 fully saturated rings. The first-order chi connectivity index (χ1) is 11.0. The Kier molecular flexibility index (Phi) is 21.8. The van der Waals surface area contributed by atoms with Crippen LogP contribution in [0.4, 0.5) is 0 Å². The van der Waals surface area contributed by atoms with Gasteiger partial charge in [-0.3, -0.25) is 4.18 Å². The molecular weight excluding hydrogens is 351 g/mol. The largest absolute Gasteiger partial charge is 1.00 e. The van der Waals surface area contributed by atoms with Crippen LogP contribution in [-0.4, -0.2) is 19.6 Å². The molecule has 0 aromatic carbocycles. The molecular formula is C18H35KO4S. The monoisotopic (exact) mass is 386 g/mol. The van der Waals surface area contributed by atoms with Gasteiger partial charge in [0.05, 0.1) is 6.61 Å². The van der Waals surface area contributed by atoms with Crippen molar-refractivity contribution in [2.45, 2.75) is 90.9 Å². The van der Waals surface area contributed by atoms with Crippen molar-refractivity contribution in [2.75, 3.05) is 6.61 Å². The Bertz CT molecular complexity index is 382. The van der Waals surface area contributed by atoms with Gasteiger partial charge in [-0.05, 0) is 12.8 Å². The summed E-state index contributed by atoms with van der Waals surface area (Å²) >= 11 is 0. The van der Waals surface area contributed by atoms with E-state index in [1.807, 2.05) is 6.08 Å². The van der Waals surface area contributed by atoms with E-state index in [0.717, 1.165) is 38.5 Å². The van der Waals surface area contributed by atoms with E-state index in [4.69, 9.17) is 0 Å².